The predicted molar refractivity (Wildman–Crippen MR) is 96.0 cm³/mol. The molecule has 2 amide bonds. The fourth-order valence-electron chi connectivity index (χ4n) is 2.05. The summed E-state index contributed by atoms with van der Waals surface area (Å²) in [5.41, 5.74) is 0.903. The molecule has 0 atom stereocenters. The molecule has 1 aromatic heterocycles. The van der Waals surface area contributed by atoms with Crippen LogP contribution in [0.3, 0.4) is 0 Å². The van der Waals surface area contributed by atoms with Crippen LogP contribution >= 0.6 is 15.9 Å². The van der Waals surface area contributed by atoms with E-state index in [0.717, 1.165) is 10.0 Å². The Hall–Kier alpha value is -2.35. The molecule has 0 spiro atoms. The van der Waals surface area contributed by atoms with Gasteiger partial charge in [0.2, 0.25) is 0 Å². The lowest BCUT2D eigenvalue weighted by Crippen LogP contribution is -2.37. The molecule has 2 rings (SSSR count). The summed E-state index contributed by atoms with van der Waals surface area (Å²) in [5, 5.41) is 5.16. The van der Waals surface area contributed by atoms with E-state index in [1.54, 1.807) is 6.20 Å². The van der Waals surface area contributed by atoms with Crippen LogP contribution in [0.25, 0.3) is 11.3 Å². The second kappa shape index (κ2) is 9.83. The highest BCUT2D eigenvalue weighted by molar-refractivity contribution is 9.10. The summed E-state index contributed by atoms with van der Waals surface area (Å²) < 4.78 is 11.6. The van der Waals surface area contributed by atoms with Crippen LogP contribution in [0.15, 0.2) is 39.4 Å². The maximum Gasteiger partial charge on any atom is 0.314 e. The number of aryl methyl sites for hydroxylation is 1. The number of carbonyl (C=O) groups excluding carboxylic acids is 2. The van der Waals surface area contributed by atoms with Gasteiger partial charge in [0, 0.05) is 23.0 Å². The van der Waals surface area contributed by atoms with Gasteiger partial charge in [-0.2, -0.15) is 0 Å². The number of oxazole rings is 1. The number of urea groups is 1. The summed E-state index contributed by atoms with van der Waals surface area (Å²) in [4.78, 5) is 27.0. The van der Waals surface area contributed by atoms with E-state index in [0.29, 0.717) is 24.6 Å². The third kappa shape index (κ3) is 6.22. The van der Waals surface area contributed by atoms with Gasteiger partial charge in [-0.15, -0.1) is 0 Å². The van der Waals surface area contributed by atoms with Crippen LogP contribution in [-0.2, 0) is 16.0 Å². The van der Waals surface area contributed by atoms with E-state index in [-0.39, 0.29) is 31.6 Å². The highest BCUT2D eigenvalue weighted by atomic mass is 79.9. The minimum atomic E-state index is -0.363. The van der Waals surface area contributed by atoms with Gasteiger partial charge in [0.15, 0.2) is 11.7 Å². The summed E-state index contributed by atoms with van der Waals surface area (Å²) in [6.07, 6.45) is 2.15. The number of carbonyl (C=O) groups is 2. The lowest BCUT2D eigenvalue weighted by atomic mass is 10.2. The van der Waals surface area contributed by atoms with Crippen molar-refractivity contribution in [3.8, 4) is 11.3 Å². The Morgan fingerprint density at radius 2 is 2.08 bits per heavy atom. The van der Waals surface area contributed by atoms with E-state index >= 15 is 0 Å². The maximum absolute atomic E-state index is 11.7. The van der Waals surface area contributed by atoms with Crippen molar-refractivity contribution >= 4 is 27.9 Å². The Balaban J connectivity index is 1.72. The molecule has 2 aromatic rings. The van der Waals surface area contributed by atoms with Crippen LogP contribution in [-0.4, -0.2) is 36.7 Å². The molecule has 25 heavy (non-hydrogen) atoms. The van der Waals surface area contributed by atoms with E-state index in [2.05, 4.69) is 31.5 Å². The molecule has 0 saturated heterocycles. The molecule has 0 radical (unpaired) electrons. The molecule has 7 nitrogen and oxygen atoms in total. The van der Waals surface area contributed by atoms with Crippen LogP contribution in [0.2, 0.25) is 0 Å². The molecule has 0 unspecified atom stereocenters. The van der Waals surface area contributed by atoms with Gasteiger partial charge in [-0.3, -0.25) is 4.79 Å². The van der Waals surface area contributed by atoms with Crippen LogP contribution < -0.4 is 10.6 Å². The molecule has 134 valence electrons. The number of nitrogens with zero attached hydrogens (tertiary/aromatic N) is 1. The second-order valence-corrected chi connectivity index (χ2v) is 5.96. The lowest BCUT2D eigenvalue weighted by molar-refractivity contribution is -0.143. The van der Waals surface area contributed by atoms with Crippen LogP contribution in [0.4, 0.5) is 4.79 Å². The monoisotopic (exact) mass is 409 g/mol. The molecule has 0 bridgehead atoms. The van der Waals surface area contributed by atoms with E-state index < -0.39 is 0 Å². The maximum atomic E-state index is 11.7. The SMILES string of the molecule is CCNC(=O)NCCOC(=O)CCc1ncc(-c2ccccc2Br)o1. The summed E-state index contributed by atoms with van der Waals surface area (Å²) in [7, 11) is 0. The predicted octanol–water partition coefficient (Wildman–Crippen LogP) is 2.90. The molecule has 0 fully saturated rings. The van der Waals surface area contributed by atoms with Gasteiger partial charge in [0.05, 0.1) is 19.2 Å². The van der Waals surface area contributed by atoms with Gasteiger partial charge in [-0.1, -0.05) is 34.1 Å². The first kappa shape index (κ1) is 19.0. The average Bonchev–Trinajstić information content (AvgIpc) is 3.06. The molecule has 0 saturated carbocycles. The quantitative estimate of drug-likeness (QED) is 0.516. The van der Waals surface area contributed by atoms with Gasteiger partial charge >= 0.3 is 12.0 Å². The average molecular weight is 410 g/mol. The zero-order valence-electron chi connectivity index (χ0n) is 13.9. The zero-order chi connectivity index (χ0) is 18.1. The number of ether oxygens (including phenoxy) is 1. The van der Waals surface area contributed by atoms with Crippen molar-refractivity contribution in [1.29, 1.82) is 0 Å². The minimum Gasteiger partial charge on any atom is -0.464 e. The number of hydrogen-bond acceptors (Lipinski definition) is 5. The third-order valence-electron chi connectivity index (χ3n) is 3.22. The van der Waals surface area contributed by atoms with Crippen LogP contribution in [0.1, 0.15) is 19.2 Å². The standard InChI is InChI=1S/C17H20BrN3O4/c1-2-19-17(23)20-9-10-24-16(22)8-7-15-21-11-14(25-15)12-5-3-4-6-13(12)18/h3-6,11H,2,7-10H2,1H3,(H2,19,20,23). The zero-order valence-corrected chi connectivity index (χ0v) is 15.5. The summed E-state index contributed by atoms with van der Waals surface area (Å²) in [6.45, 7) is 2.76. The van der Waals surface area contributed by atoms with E-state index in [1.807, 2.05) is 31.2 Å². The van der Waals surface area contributed by atoms with Crippen molar-refractivity contribution in [2.24, 2.45) is 0 Å². The van der Waals surface area contributed by atoms with Crippen molar-refractivity contribution in [2.45, 2.75) is 19.8 Å². The van der Waals surface area contributed by atoms with Crippen molar-refractivity contribution in [1.82, 2.24) is 15.6 Å². The fourth-order valence-corrected chi connectivity index (χ4v) is 2.53. The van der Waals surface area contributed by atoms with Crippen LogP contribution in [0, 0.1) is 0 Å². The van der Waals surface area contributed by atoms with Crippen molar-refractivity contribution in [3.05, 3.63) is 40.8 Å². The molecule has 1 heterocycles. The van der Waals surface area contributed by atoms with Gasteiger partial charge in [0.1, 0.15) is 6.61 Å². The number of hydrogen-bond donors (Lipinski definition) is 2. The van der Waals surface area contributed by atoms with E-state index in [1.165, 1.54) is 0 Å². The molecule has 2 N–H and O–H groups in total. The molecular weight excluding hydrogens is 390 g/mol. The molecular formula is C17H20BrN3O4. The van der Waals surface area contributed by atoms with Crippen LogP contribution in [0.5, 0.6) is 0 Å². The number of esters is 1. The molecule has 0 aliphatic rings. The normalized spacial score (nSPS) is 10.3. The number of aromatic nitrogens is 1. The van der Waals surface area contributed by atoms with Gasteiger partial charge in [0.25, 0.3) is 0 Å². The first-order valence-corrected chi connectivity index (χ1v) is 8.76. The summed E-state index contributed by atoms with van der Waals surface area (Å²) in [6, 6.07) is 7.39. The largest absolute Gasteiger partial charge is 0.464 e. The molecule has 0 aliphatic carbocycles. The van der Waals surface area contributed by atoms with Gasteiger partial charge < -0.3 is 19.8 Å². The van der Waals surface area contributed by atoms with Gasteiger partial charge in [-0.25, -0.2) is 9.78 Å². The Kier molecular flexibility index (Phi) is 7.46. The molecule has 0 aliphatic heterocycles. The molecule has 1 aromatic carbocycles. The molecule has 8 heteroatoms. The Labute approximate surface area is 154 Å². The summed E-state index contributed by atoms with van der Waals surface area (Å²) >= 11 is 3.46. The van der Waals surface area contributed by atoms with Crippen molar-refractivity contribution < 1.29 is 18.7 Å². The van der Waals surface area contributed by atoms with Crippen molar-refractivity contribution in [2.75, 3.05) is 19.7 Å². The second-order valence-electron chi connectivity index (χ2n) is 5.10. The third-order valence-corrected chi connectivity index (χ3v) is 3.92. The number of rotatable bonds is 8. The Morgan fingerprint density at radius 3 is 2.84 bits per heavy atom. The lowest BCUT2D eigenvalue weighted by Gasteiger charge is -2.06. The summed E-state index contributed by atoms with van der Waals surface area (Å²) in [5.74, 6) is 0.753. The first-order valence-electron chi connectivity index (χ1n) is 7.97. The topological polar surface area (TPSA) is 93.5 Å². The Morgan fingerprint density at radius 1 is 1.28 bits per heavy atom. The minimum absolute atomic E-state index is 0.129. The fraction of sp³-hybridized carbons (Fsp3) is 0.353. The van der Waals surface area contributed by atoms with E-state index in [9.17, 15) is 9.59 Å². The van der Waals surface area contributed by atoms with E-state index in [4.69, 9.17) is 9.15 Å². The smallest absolute Gasteiger partial charge is 0.314 e. The number of nitrogens with one attached hydrogen (secondary N) is 2. The highest BCUT2D eigenvalue weighted by Gasteiger charge is 2.11. The number of benzene rings is 1. The Bertz CT molecular complexity index is 717. The first-order chi connectivity index (χ1) is 12.1. The number of halogens is 1. The van der Waals surface area contributed by atoms with Crippen molar-refractivity contribution in [3.63, 3.8) is 0 Å². The highest BCUT2D eigenvalue weighted by Crippen LogP contribution is 2.28. The van der Waals surface area contributed by atoms with Gasteiger partial charge in [-0.05, 0) is 13.0 Å². The number of amides is 2.